The van der Waals surface area contributed by atoms with Gasteiger partial charge >= 0.3 is 0 Å². The Bertz CT molecular complexity index is 292. The molecule has 0 aliphatic heterocycles. The molecule has 0 saturated heterocycles. The highest BCUT2D eigenvalue weighted by molar-refractivity contribution is 8.33. The summed E-state index contributed by atoms with van der Waals surface area (Å²) in [7, 11) is -0.445. The second kappa shape index (κ2) is 9.54. The molecule has 0 saturated carbocycles. The minimum atomic E-state index is -0.445. The molecule has 0 rings (SSSR count). The van der Waals surface area contributed by atoms with Crippen LogP contribution in [0.5, 0.6) is 0 Å². The maximum Gasteiger partial charge on any atom is 0.0151 e. The molecule has 1 atom stereocenters. The predicted octanol–water partition coefficient (Wildman–Crippen LogP) is 4.91. The molecule has 0 fully saturated rings. The second-order valence-corrected chi connectivity index (χ2v) is 12.8. The van der Waals surface area contributed by atoms with Gasteiger partial charge in [0.05, 0.1) is 0 Å². The Balaban J connectivity index is 4.33. The summed E-state index contributed by atoms with van der Waals surface area (Å²) in [4.78, 5) is 0. The summed E-state index contributed by atoms with van der Waals surface area (Å²) in [6.07, 6.45) is 12.6. The Morgan fingerprint density at radius 1 is 1.00 bits per heavy atom. The van der Waals surface area contributed by atoms with Gasteiger partial charge in [0.15, 0.2) is 0 Å². The van der Waals surface area contributed by atoms with Crippen LogP contribution < -0.4 is 11.1 Å². The van der Waals surface area contributed by atoms with Crippen molar-refractivity contribution < 1.29 is 0 Å². The van der Waals surface area contributed by atoms with Crippen LogP contribution in [0.1, 0.15) is 80.1 Å². The van der Waals surface area contributed by atoms with Crippen LogP contribution in [0, 0.1) is 0 Å². The zero-order valence-corrected chi connectivity index (χ0v) is 17.5. The smallest absolute Gasteiger partial charge is 0.0151 e. The van der Waals surface area contributed by atoms with Crippen LogP contribution in [0.25, 0.3) is 0 Å². The second-order valence-electron chi connectivity index (χ2n) is 8.45. The summed E-state index contributed by atoms with van der Waals surface area (Å²) in [5.74, 6) is 1.42. The third-order valence-electron chi connectivity index (χ3n) is 5.31. The van der Waals surface area contributed by atoms with E-state index in [0.29, 0.717) is 0 Å². The van der Waals surface area contributed by atoms with E-state index < -0.39 is 10.0 Å². The maximum absolute atomic E-state index is 6.09. The summed E-state index contributed by atoms with van der Waals surface area (Å²) in [6, 6.07) is 0. The lowest BCUT2D eigenvalue weighted by molar-refractivity contribution is 0.302. The molecule has 0 bridgehead atoms. The molecule has 0 aromatic carbocycles. The molecule has 0 radical (unpaired) electrons. The molecule has 1 unspecified atom stereocenters. The van der Waals surface area contributed by atoms with Crippen LogP contribution >= 0.6 is 10.0 Å². The standard InChI is InChI=1S/C19H44N2S/c1-9-17(10-2)22(7,8)16-12-13-19(6,11-3)21-15-14-18(4,5)20/h17,21H,9-16,20H2,1-8H3. The van der Waals surface area contributed by atoms with Gasteiger partial charge in [0.25, 0.3) is 0 Å². The molecule has 0 aliphatic rings. The molecule has 22 heavy (non-hydrogen) atoms. The Morgan fingerprint density at radius 2 is 1.55 bits per heavy atom. The van der Waals surface area contributed by atoms with E-state index in [9.17, 15) is 0 Å². The van der Waals surface area contributed by atoms with E-state index in [1.54, 1.807) is 0 Å². The van der Waals surface area contributed by atoms with Gasteiger partial charge in [-0.25, -0.2) is 10.0 Å². The van der Waals surface area contributed by atoms with E-state index >= 15 is 0 Å². The van der Waals surface area contributed by atoms with Gasteiger partial charge in [-0.05, 0) is 89.4 Å². The summed E-state index contributed by atoms with van der Waals surface area (Å²) < 4.78 is 0. The highest BCUT2D eigenvalue weighted by Crippen LogP contribution is 2.49. The molecule has 0 spiro atoms. The number of hydrogen-bond donors (Lipinski definition) is 2. The predicted molar refractivity (Wildman–Crippen MR) is 107 cm³/mol. The van der Waals surface area contributed by atoms with Crippen LogP contribution in [-0.2, 0) is 0 Å². The van der Waals surface area contributed by atoms with Gasteiger partial charge in [0.1, 0.15) is 0 Å². The number of nitrogens with one attached hydrogen (secondary N) is 1. The van der Waals surface area contributed by atoms with E-state index in [0.717, 1.165) is 18.2 Å². The Morgan fingerprint density at radius 3 is 1.95 bits per heavy atom. The van der Waals surface area contributed by atoms with Gasteiger partial charge in [0.2, 0.25) is 0 Å². The van der Waals surface area contributed by atoms with E-state index in [1.165, 1.54) is 37.9 Å². The lowest BCUT2D eigenvalue weighted by Gasteiger charge is -2.40. The summed E-state index contributed by atoms with van der Waals surface area (Å²) in [5, 5.41) is 4.71. The molecule has 0 aromatic heterocycles. The number of rotatable bonds is 12. The molecule has 136 valence electrons. The van der Waals surface area contributed by atoms with Crippen molar-refractivity contribution in [3.05, 3.63) is 0 Å². The van der Waals surface area contributed by atoms with Crippen molar-refractivity contribution in [3.63, 3.8) is 0 Å². The molecule has 2 nitrogen and oxygen atoms in total. The summed E-state index contributed by atoms with van der Waals surface area (Å²) in [5.41, 5.74) is 6.30. The maximum atomic E-state index is 6.09. The van der Waals surface area contributed by atoms with Crippen LogP contribution in [0.4, 0.5) is 0 Å². The molecular formula is C19H44N2S. The molecular weight excluding hydrogens is 288 g/mol. The lowest BCUT2D eigenvalue weighted by atomic mass is 9.92. The van der Waals surface area contributed by atoms with Gasteiger partial charge in [-0.2, -0.15) is 0 Å². The Kier molecular flexibility index (Phi) is 9.65. The van der Waals surface area contributed by atoms with Crippen molar-refractivity contribution in [2.24, 2.45) is 5.73 Å². The zero-order chi connectivity index (χ0) is 17.4. The van der Waals surface area contributed by atoms with Gasteiger partial charge in [0, 0.05) is 11.1 Å². The fourth-order valence-electron chi connectivity index (χ4n) is 3.27. The third kappa shape index (κ3) is 8.79. The van der Waals surface area contributed by atoms with E-state index in [-0.39, 0.29) is 11.1 Å². The summed E-state index contributed by atoms with van der Waals surface area (Å²) in [6.45, 7) is 14.6. The van der Waals surface area contributed by atoms with Crippen LogP contribution in [-0.4, -0.2) is 41.1 Å². The lowest BCUT2D eigenvalue weighted by Crippen LogP contribution is -2.45. The minimum Gasteiger partial charge on any atom is -0.326 e. The van der Waals surface area contributed by atoms with Crippen molar-refractivity contribution in [2.75, 3.05) is 24.8 Å². The first-order valence-electron chi connectivity index (χ1n) is 9.23. The topological polar surface area (TPSA) is 38.0 Å². The third-order valence-corrected chi connectivity index (χ3v) is 9.13. The van der Waals surface area contributed by atoms with Crippen LogP contribution in [0.15, 0.2) is 0 Å². The van der Waals surface area contributed by atoms with Crippen LogP contribution in [0.2, 0.25) is 0 Å². The molecule has 0 aliphatic carbocycles. The van der Waals surface area contributed by atoms with Gasteiger partial charge in [-0.1, -0.05) is 20.8 Å². The normalized spacial score (nSPS) is 16.8. The highest BCUT2D eigenvalue weighted by atomic mass is 32.3. The Labute approximate surface area is 142 Å². The van der Waals surface area contributed by atoms with Crippen molar-refractivity contribution in [2.45, 2.75) is 96.4 Å². The average molecular weight is 333 g/mol. The molecule has 0 heterocycles. The van der Waals surface area contributed by atoms with Crippen molar-refractivity contribution in [1.29, 1.82) is 0 Å². The monoisotopic (exact) mass is 332 g/mol. The fraction of sp³-hybridized carbons (Fsp3) is 1.00. The van der Waals surface area contributed by atoms with Crippen molar-refractivity contribution in [3.8, 4) is 0 Å². The van der Waals surface area contributed by atoms with E-state index in [4.69, 9.17) is 5.73 Å². The Hall–Kier alpha value is 0.270. The number of nitrogens with two attached hydrogens (primary N) is 1. The zero-order valence-electron chi connectivity index (χ0n) is 16.7. The SMILES string of the molecule is CCC(CC)S(C)(C)CCCC(C)(CC)NCCC(C)(C)N. The minimum absolute atomic E-state index is 0.0662. The first-order valence-corrected chi connectivity index (χ1v) is 11.9. The summed E-state index contributed by atoms with van der Waals surface area (Å²) >= 11 is 0. The van der Waals surface area contributed by atoms with Gasteiger partial charge in [-0.3, -0.25) is 0 Å². The molecule has 3 N–H and O–H groups in total. The first-order chi connectivity index (χ1) is 9.99. The van der Waals surface area contributed by atoms with Crippen molar-refractivity contribution in [1.82, 2.24) is 5.32 Å². The number of hydrogen-bond acceptors (Lipinski definition) is 2. The fourth-order valence-corrected chi connectivity index (χ4v) is 6.30. The van der Waals surface area contributed by atoms with Gasteiger partial charge in [-0.15, -0.1) is 0 Å². The van der Waals surface area contributed by atoms with Crippen LogP contribution in [0.3, 0.4) is 0 Å². The highest BCUT2D eigenvalue weighted by Gasteiger charge is 2.25. The molecule has 0 amide bonds. The molecule has 3 heteroatoms. The van der Waals surface area contributed by atoms with E-state index in [2.05, 4.69) is 59.4 Å². The van der Waals surface area contributed by atoms with Gasteiger partial charge < -0.3 is 11.1 Å². The molecule has 0 aromatic rings. The van der Waals surface area contributed by atoms with Crippen molar-refractivity contribution >= 4 is 10.0 Å². The average Bonchev–Trinajstić information content (AvgIpc) is 2.38. The largest absolute Gasteiger partial charge is 0.326 e. The first kappa shape index (κ1) is 22.3. The van der Waals surface area contributed by atoms with E-state index in [1.807, 2.05) is 0 Å². The quantitative estimate of drug-likeness (QED) is 0.533.